The predicted molar refractivity (Wildman–Crippen MR) is 75.1 cm³/mol. The van der Waals surface area contributed by atoms with E-state index in [0.717, 1.165) is 25.1 Å². The van der Waals surface area contributed by atoms with Crippen molar-refractivity contribution in [1.82, 2.24) is 20.2 Å². The van der Waals surface area contributed by atoms with Gasteiger partial charge in [-0.05, 0) is 27.6 Å². The summed E-state index contributed by atoms with van der Waals surface area (Å²) in [7, 11) is 5.98. The van der Waals surface area contributed by atoms with Crippen molar-refractivity contribution in [2.75, 3.05) is 39.1 Å². The van der Waals surface area contributed by atoms with E-state index in [9.17, 15) is 5.11 Å². The van der Waals surface area contributed by atoms with Crippen molar-refractivity contribution in [3.05, 3.63) is 18.0 Å². The number of hydrogen-bond acceptors (Lipinski definition) is 6. The summed E-state index contributed by atoms with van der Waals surface area (Å²) in [5.74, 6) is 0.711. The Bertz CT molecular complexity index is 395. The van der Waals surface area contributed by atoms with Crippen LogP contribution in [0.3, 0.4) is 0 Å². The van der Waals surface area contributed by atoms with Crippen LogP contribution in [0.2, 0.25) is 0 Å². The van der Waals surface area contributed by atoms with Crippen LogP contribution in [-0.2, 0) is 6.54 Å². The summed E-state index contributed by atoms with van der Waals surface area (Å²) in [5, 5.41) is 12.9. The SMILES string of the molecule is CNCc1cnc(N2CC(O)CC2CN(C)C)nc1. The molecule has 6 heteroatoms. The van der Waals surface area contributed by atoms with Gasteiger partial charge in [-0.1, -0.05) is 0 Å². The van der Waals surface area contributed by atoms with Crippen LogP contribution in [0.25, 0.3) is 0 Å². The molecule has 1 saturated heterocycles. The van der Waals surface area contributed by atoms with Gasteiger partial charge in [0.15, 0.2) is 0 Å². The van der Waals surface area contributed by atoms with E-state index in [2.05, 4.69) is 25.1 Å². The average Bonchev–Trinajstić information content (AvgIpc) is 2.71. The summed E-state index contributed by atoms with van der Waals surface area (Å²) in [4.78, 5) is 13.1. The zero-order chi connectivity index (χ0) is 13.8. The molecule has 6 nitrogen and oxygen atoms in total. The highest BCUT2D eigenvalue weighted by atomic mass is 16.3. The summed E-state index contributed by atoms with van der Waals surface area (Å²) in [6.07, 6.45) is 4.18. The van der Waals surface area contributed by atoms with Crippen LogP contribution in [0.5, 0.6) is 0 Å². The first kappa shape index (κ1) is 14.2. The summed E-state index contributed by atoms with van der Waals surface area (Å²) in [6.45, 7) is 2.28. The molecule has 0 aromatic carbocycles. The number of aliphatic hydroxyl groups is 1. The third-order valence-corrected chi connectivity index (χ3v) is 3.30. The lowest BCUT2D eigenvalue weighted by molar-refractivity contribution is 0.191. The number of likely N-dealkylation sites (N-methyl/N-ethyl adjacent to an activating group) is 1. The smallest absolute Gasteiger partial charge is 0.225 e. The first-order valence-electron chi connectivity index (χ1n) is 6.65. The third kappa shape index (κ3) is 3.62. The Kier molecular flexibility index (Phi) is 4.68. The first-order chi connectivity index (χ1) is 9.10. The Balaban J connectivity index is 2.09. The molecule has 2 atom stereocenters. The molecule has 0 radical (unpaired) electrons. The number of β-amino-alcohol motifs (C(OH)–C–C–N with tert-alkyl or cyclic N) is 1. The molecule has 0 bridgehead atoms. The highest BCUT2D eigenvalue weighted by Crippen LogP contribution is 2.22. The van der Waals surface area contributed by atoms with Crippen LogP contribution in [-0.4, -0.2) is 66.4 Å². The van der Waals surface area contributed by atoms with Crippen molar-refractivity contribution in [2.45, 2.75) is 25.1 Å². The summed E-state index contributed by atoms with van der Waals surface area (Å²) in [5.41, 5.74) is 1.06. The lowest BCUT2D eigenvalue weighted by atomic mass is 10.2. The van der Waals surface area contributed by atoms with E-state index in [4.69, 9.17) is 0 Å². The molecule has 1 aliphatic rings. The molecule has 2 heterocycles. The van der Waals surface area contributed by atoms with Gasteiger partial charge < -0.3 is 20.2 Å². The van der Waals surface area contributed by atoms with Gasteiger partial charge in [0.1, 0.15) is 0 Å². The molecule has 106 valence electrons. The van der Waals surface area contributed by atoms with Gasteiger partial charge >= 0.3 is 0 Å². The zero-order valence-electron chi connectivity index (χ0n) is 11.9. The van der Waals surface area contributed by atoms with Crippen molar-refractivity contribution in [1.29, 1.82) is 0 Å². The maximum absolute atomic E-state index is 9.86. The summed E-state index contributed by atoms with van der Waals surface area (Å²) >= 11 is 0. The Morgan fingerprint density at radius 1 is 1.42 bits per heavy atom. The van der Waals surface area contributed by atoms with Crippen LogP contribution in [0.4, 0.5) is 5.95 Å². The fourth-order valence-electron chi connectivity index (χ4n) is 2.52. The number of nitrogens with one attached hydrogen (secondary N) is 1. The van der Waals surface area contributed by atoms with Crippen LogP contribution < -0.4 is 10.2 Å². The van der Waals surface area contributed by atoms with Gasteiger partial charge in [-0.2, -0.15) is 0 Å². The number of aromatic nitrogens is 2. The number of rotatable bonds is 5. The molecule has 19 heavy (non-hydrogen) atoms. The van der Waals surface area contributed by atoms with Crippen molar-refractivity contribution in [2.24, 2.45) is 0 Å². The summed E-state index contributed by atoms with van der Waals surface area (Å²) < 4.78 is 0. The molecule has 2 rings (SSSR count). The van der Waals surface area contributed by atoms with E-state index < -0.39 is 0 Å². The topological polar surface area (TPSA) is 64.5 Å². The van der Waals surface area contributed by atoms with E-state index in [1.54, 1.807) is 0 Å². The lowest BCUT2D eigenvalue weighted by Gasteiger charge is -2.26. The minimum atomic E-state index is -0.287. The van der Waals surface area contributed by atoms with Crippen molar-refractivity contribution in [3.8, 4) is 0 Å². The average molecular weight is 265 g/mol. The van der Waals surface area contributed by atoms with Crippen molar-refractivity contribution < 1.29 is 5.11 Å². The van der Waals surface area contributed by atoms with E-state index >= 15 is 0 Å². The Hall–Kier alpha value is -1.24. The highest BCUT2D eigenvalue weighted by Gasteiger charge is 2.32. The standard InChI is InChI=1S/C13H23N5O/c1-14-5-10-6-15-13(16-7-10)18-9-12(19)4-11(18)8-17(2)3/h6-7,11-12,14,19H,4-5,8-9H2,1-3H3. The lowest BCUT2D eigenvalue weighted by Crippen LogP contribution is -2.38. The molecule has 1 aromatic heterocycles. The third-order valence-electron chi connectivity index (χ3n) is 3.30. The van der Waals surface area contributed by atoms with E-state index in [0.29, 0.717) is 12.5 Å². The number of aliphatic hydroxyl groups excluding tert-OH is 1. The monoisotopic (exact) mass is 265 g/mol. The Morgan fingerprint density at radius 3 is 2.68 bits per heavy atom. The van der Waals surface area contributed by atoms with E-state index in [-0.39, 0.29) is 12.1 Å². The van der Waals surface area contributed by atoms with Gasteiger partial charge in [-0.15, -0.1) is 0 Å². The molecule has 0 aliphatic carbocycles. The van der Waals surface area contributed by atoms with E-state index in [1.807, 2.05) is 33.5 Å². The largest absolute Gasteiger partial charge is 0.391 e. The van der Waals surface area contributed by atoms with Crippen LogP contribution in [0.15, 0.2) is 12.4 Å². The highest BCUT2D eigenvalue weighted by molar-refractivity contribution is 5.34. The fraction of sp³-hybridized carbons (Fsp3) is 0.692. The normalized spacial score (nSPS) is 23.3. The van der Waals surface area contributed by atoms with E-state index in [1.165, 1.54) is 0 Å². The Labute approximate surface area is 114 Å². The molecule has 0 amide bonds. The second kappa shape index (κ2) is 6.27. The zero-order valence-corrected chi connectivity index (χ0v) is 11.9. The predicted octanol–water partition coefficient (Wildman–Crippen LogP) is -0.303. The minimum Gasteiger partial charge on any atom is -0.391 e. The molecule has 0 saturated carbocycles. The van der Waals surface area contributed by atoms with Gasteiger partial charge in [-0.3, -0.25) is 0 Å². The molecule has 1 fully saturated rings. The number of nitrogens with zero attached hydrogens (tertiary/aromatic N) is 4. The minimum absolute atomic E-state index is 0.278. The maximum atomic E-state index is 9.86. The van der Waals surface area contributed by atoms with Crippen molar-refractivity contribution in [3.63, 3.8) is 0 Å². The Morgan fingerprint density at radius 2 is 2.11 bits per heavy atom. The van der Waals surface area contributed by atoms with Crippen LogP contribution in [0, 0.1) is 0 Å². The van der Waals surface area contributed by atoms with Crippen molar-refractivity contribution >= 4 is 5.95 Å². The number of anilines is 1. The molecular formula is C13H23N5O. The van der Waals surface area contributed by atoms with Gasteiger partial charge in [0, 0.05) is 43.6 Å². The molecule has 1 aliphatic heterocycles. The van der Waals surface area contributed by atoms with Gasteiger partial charge in [0.05, 0.1) is 6.10 Å². The quantitative estimate of drug-likeness (QED) is 0.762. The summed E-state index contributed by atoms with van der Waals surface area (Å²) in [6, 6.07) is 0.278. The van der Waals surface area contributed by atoms with Crippen LogP contribution in [0.1, 0.15) is 12.0 Å². The maximum Gasteiger partial charge on any atom is 0.225 e. The second-order valence-corrected chi connectivity index (χ2v) is 5.38. The molecular weight excluding hydrogens is 242 g/mol. The molecule has 0 spiro atoms. The fourth-order valence-corrected chi connectivity index (χ4v) is 2.52. The molecule has 1 aromatic rings. The van der Waals surface area contributed by atoms with Gasteiger partial charge in [0.25, 0.3) is 0 Å². The van der Waals surface area contributed by atoms with Crippen LogP contribution >= 0.6 is 0 Å². The number of hydrogen-bond donors (Lipinski definition) is 2. The van der Waals surface area contributed by atoms with Gasteiger partial charge in [0.2, 0.25) is 5.95 Å². The molecule has 2 N–H and O–H groups in total. The first-order valence-corrected chi connectivity index (χ1v) is 6.65. The second-order valence-electron chi connectivity index (χ2n) is 5.38. The van der Waals surface area contributed by atoms with Gasteiger partial charge in [-0.25, -0.2) is 9.97 Å². The molecule has 2 unspecified atom stereocenters.